The Morgan fingerprint density at radius 1 is 1.47 bits per heavy atom. The smallest absolute Gasteiger partial charge is 0.211 e. The molecule has 0 amide bonds. The highest BCUT2D eigenvalue weighted by Gasteiger charge is 2.28. The Morgan fingerprint density at radius 3 is 2.65 bits per heavy atom. The number of hydrogen-bond donors (Lipinski definition) is 1. The Labute approximate surface area is 105 Å². The summed E-state index contributed by atoms with van der Waals surface area (Å²) in [5.41, 5.74) is 0. The highest BCUT2D eigenvalue weighted by molar-refractivity contribution is 7.88. The van der Waals surface area contributed by atoms with Crippen LogP contribution in [0.1, 0.15) is 39.5 Å². The molecule has 1 N–H and O–H groups in total. The first-order valence-corrected chi connectivity index (χ1v) is 8.32. The quantitative estimate of drug-likeness (QED) is 0.817. The van der Waals surface area contributed by atoms with E-state index in [1.165, 1.54) is 6.26 Å². The fourth-order valence-corrected chi connectivity index (χ4v) is 3.31. The molecule has 0 bridgehead atoms. The lowest BCUT2D eigenvalue weighted by Gasteiger charge is -2.32. The van der Waals surface area contributed by atoms with Crippen LogP contribution >= 0.6 is 0 Å². The van der Waals surface area contributed by atoms with Gasteiger partial charge in [0.05, 0.1) is 12.4 Å². The molecule has 0 aromatic carbocycles. The fourth-order valence-electron chi connectivity index (χ4n) is 2.37. The fraction of sp³-hybridized carbons (Fsp3) is 1.00. The number of sulfonamides is 1. The molecule has 0 aromatic rings. The molecule has 17 heavy (non-hydrogen) atoms. The van der Waals surface area contributed by atoms with Crippen molar-refractivity contribution in [3.63, 3.8) is 0 Å². The monoisotopic (exact) mass is 263 g/mol. The molecule has 0 spiro atoms. The van der Waals surface area contributed by atoms with Crippen LogP contribution in [0, 0.1) is 11.8 Å². The first kappa shape index (κ1) is 14.9. The minimum atomic E-state index is -3.07. The number of aliphatic hydroxyl groups excluding tert-OH is 1. The van der Waals surface area contributed by atoms with Crippen molar-refractivity contribution in [1.82, 2.24) is 4.31 Å². The number of piperidine rings is 1. The third-order valence-electron chi connectivity index (χ3n) is 3.83. The Hall–Kier alpha value is -0.130. The van der Waals surface area contributed by atoms with Crippen molar-refractivity contribution in [2.75, 3.05) is 19.3 Å². The van der Waals surface area contributed by atoms with Crippen LogP contribution in [0.2, 0.25) is 0 Å². The zero-order valence-corrected chi connectivity index (χ0v) is 11.9. The molecular formula is C12H25NO3S. The Kier molecular flexibility index (Phi) is 5.41. The molecule has 3 atom stereocenters. The van der Waals surface area contributed by atoms with Crippen LogP contribution in [0.5, 0.6) is 0 Å². The predicted octanol–water partition coefficient (Wildman–Crippen LogP) is 1.46. The maximum atomic E-state index is 11.5. The highest BCUT2D eigenvalue weighted by atomic mass is 32.2. The molecule has 0 radical (unpaired) electrons. The number of aliphatic hydroxyl groups is 1. The predicted molar refractivity (Wildman–Crippen MR) is 69.2 cm³/mol. The molecule has 1 aliphatic heterocycles. The normalized spacial score (nSPS) is 26.7. The molecular weight excluding hydrogens is 238 g/mol. The van der Waals surface area contributed by atoms with Gasteiger partial charge in [0.1, 0.15) is 0 Å². The van der Waals surface area contributed by atoms with Crippen LogP contribution in [0.15, 0.2) is 0 Å². The lowest BCUT2D eigenvalue weighted by molar-refractivity contribution is 0.0755. The maximum Gasteiger partial charge on any atom is 0.211 e. The summed E-state index contributed by atoms with van der Waals surface area (Å²) in [7, 11) is -3.07. The summed E-state index contributed by atoms with van der Waals surface area (Å²) in [6.07, 6.45) is 4.58. The number of nitrogens with zero attached hydrogens (tertiary/aromatic N) is 1. The first-order valence-electron chi connectivity index (χ1n) is 6.47. The second kappa shape index (κ2) is 6.16. The van der Waals surface area contributed by atoms with E-state index in [2.05, 4.69) is 6.92 Å². The summed E-state index contributed by atoms with van der Waals surface area (Å²) >= 11 is 0. The van der Waals surface area contributed by atoms with E-state index in [0.717, 1.165) is 25.7 Å². The van der Waals surface area contributed by atoms with Crippen molar-refractivity contribution in [2.45, 2.75) is 45.6 Å². The third-order valence-corrected chi connectivity index (χ3v) is 5.10. The van der Waals surface area contributed by atoms with E-state index in [1.54, 1.807) is 4.31 Å². The average Bonchev–Trinajstić information content (AvgIpc) is 2.27. The van der Waals surface area contributed by atoms with Gasteiger partial charge in [-0.05, 0) is 31.1 Å². The third kappa shape index (κ3) is 4.56. The zero-order chi connectivity index (χ0) is 13.1. The van der Waals surface area contributed by atoms with Gasteiger partial charge in [-0.15, -0.1) is 0 Å². The van der Waals surface area contributed by atoms with Crippen LogP contribution in [-0.4, -0.2) is 43.3 Å². The van der Waals surface area contributed by atoms with Crippen LogP contribution in [-0.2, 0) is 10.0 Å². The molecule has 4 nitrogen and oxygen atoms in total. The summed E-state index contributed by atoms with van der Waals surface area (Å²) in [5, 5.41) is 9.99. The molecule has 1 saturated heterocycles. The largest absolute Gasteiger partial charge is 0.393 e. The van der Waals surface area contributed by atoms with E-state index in [0.29, 0.717) is 24.9 Å². The van der Waals surface area contributed by atoms with E-state index < -0.39 is 10.0 Å². The average molecular weight is 263 g/mol. The molecule has 0 saturated carbocycles. The van der Waals surface area contributed by atoms with E-state index in [9.17, 15) is 13.5 Å². The topological polar surface area (TPSA) is 57.6 Å². The maximum absolute atomic E-state index is 11.5. The number of rotatable bonds is 5. The standard InChI is InChI=1S/C12H25NO3S/c1-4-10(2)12(14)8-11-6-5-7-13(9-11)17(3,15)16/h10-12,14H,4-9H2,1-3H3. The first-order chi connectivity index (χ1) is 7.84. The van der Waals surface area contributed by atoms with Gasteiger partial charge in [-0.25, -0.2) is 12.7 Å². The van der Waals surface area contributed by atoms with Crippen LogP contribution in [0.4, 0.5) is 0 Å². The van der Waals surface area contributed by atoms with Gasteiger partial charge in [-0.2, -0.15) is 0 Å². The molecule has 0 aromatic heterocycles. The van der Waals surface area contributed by atoms with Crippen molar-refractivity contribution in [3.8, 4) is 0 Å². The van der Waals surface area contributed by atoms with Gasteiger partial charge in [0, 0.05) is 13.1 Å². The van der Waals surface area contributed by atoms with Crippen LogP contribution in [0.3, 0.4) is 0 Å². The van der Waals surface area contributed by atoms with Crippen molar-refractivity contribution in [2.24, 2.45) is 11.8 Å². The van der Waals surface area contributed by atoms with Crippen molar-refractivity contribution in [1.29, 1.82) is 0 Å². The summed E-state index contributed by atoms with van der Waals surface area (Å²) in [6.45, 7) is 5.32. The van der Waals surface area contributed by atoms with Gasteiger partial charge in [-0.1, -0.05) is 20.3 Å². The summed E-state index contributed by atoms with van der Waals surface area (Å²) in [6, 6.07) is 0. The zero-order valence-electron chi connectivity index (χ0n) is 11.1. The number of hydrogen-bond acceptors (Lipinski definition) is 3. The van der Waals surface area contributed by atoms with Gasteiger partial charge in [0.15, 0.2) is 0 Å². The van der Waals surface area contributed by atoms with Crippen molar-refractivity contribution >= 4 is 10.0 Å². The SMILES string of the molecule is CCC(C)C(O)CC1CCCN(S(C)(=O)=O)C1. The summed E-state index contributed by atoms with van der Waals surface area (Å²) in [4.78, 5) is 0. The Morgan fingerprint density at radius 2 is 2.12 bits per heavy atom. The van der Waals surface area contributed by atoms with Crippen LogP contribution in [0.25, 0.3) is 0 Å². The van der Waals surface area contributed by atoms with E-state index in [-0.39, 0.29) is 6.10 Å². The minimum Gasteiger partial charge on any atom is -0.393 e. The molecule has 1 fully saturated rings. The Bertz CT molecular complexity index is 329. The molecule has 1 heterocycles. The van der Waals surface area contributed by atoms with E-state index in [1.807, 2.05) is 6.92 Å². The van der Waals surface area contributed by atoms with Crippen LogP contribution < -0.4 is 0 Å². The highest BCUT2D eigenvalue weighted by Crippen LogP contribution is 2.25. The van der Waals surface area contributed by atoms with Crippen molar-refractivity contribution < 1.29 is 13.5 Å². The molecule has 5 heteroatoms. The Balaban J connectivity index is 2.50. The lowest BCUT2D eigenvalue weighted by Crippen LogP contribution is -2.40. The lowest BCUT2D eigenvalue weighted by atomic mass is 9.88. The molecule has 3 unspecified atom stereocenters. The van der Waals surface area contributed by atoms with Gasteiger partial charge in [0.2, 0.25) is 10.0 Å². The van der Waals surface area contributed by atoms with E-state index in [4.69, 9.17) is 0 Å². The second-order valence-electron chi connectivity index (χ2n) is 5.32. The molecule has 102 valence electrons. The molecule has 1 rings (SSSR count). The van der Waals surface area contributed by atoms with Gasteiger partial charge >= 0.3 is 0 Å². The minimum absolute atomic E-state index is 0.295. The van der Waals surface area contributed by atoms with E-state index >= 15 is 0 Å². The second-order valence-corrected chi connectivity index (χ2v) is 7.30. The summed E-state index contributed by atoms with van der Waals surface area (Å²) in [5.74, 6) is 0.603. The van der Waals surface area contributed by atoms with Gasteiger partial charge in [-0.3, -0.25) is 0 Å². The van der Waals surface area contributed by atoms with Crippen molar-refractivity contribution in [3.05, 3.63) is 0 Å². The van der Waals surface area contributed by atoms with Gasteiger partial charge < -0.3 is 5.11 Å². The molecule has 1 aliphatic rings. The molecule has 0 aliphatic carbocycles. The summed E-state index contributed by atoms with van der Waals surface area (Å²) < 4.78 is 24.5. The van der Waals surface area contributed by atoms with Gasteiger partial charge in [0.25, 0.3) is 0 Å².